The van der Waals surface area contributed by atoms with Crippen LogP contribution in [0.25, 0.3) is 10.2 Å². The third kappa shape index (κ3) is 3.47. The number of ether oxygens (including phenoxy) is 1. The monoisotopic (exact) mass is 412 g/mol. The Morgan fingerprint density at radius 1 is 0.931 bits per heavy atom. The van der Waals surface area contributed by atoms with E-state index in [0.717, 1.165) is 50.5 Å². The van der Waals surface area contributed by atoms with Crippen molar-refractivity contribution in [2.45, 2.75) is 57.9 Å². The average Bonchev–Trinajstić information content (AvgIpc) is 3.35. The number of anilines is 1. The normalized spacial score (nSPS) is 27.9. The summed E-state index contributed by atoms with van der Waals surface area (Å²) in [5.74, 6) is 4.11. The highest BCUT2D eigenvalue weighted by Crippen LogP contribution is 2.43. The number of rotatable bonds is 3. The van der Waals surface area contributed by atoms with Gasteiger partial charge in [0.25, 0.3) is 0 Å². The summed E-state index contributed by atoms with van der Waals surface area (Å²) in [6, 6.07) is 0. The van der Waals surface area contributed by atoms with Crippen molar-refractivity contribution in [1.29, 1.82) is 0 Å². The number of morpholine rings is 1. The van der Waals surface area contributed by atoms with E-state index in [9.17, 15) is 0 Å². The second kappa shape index (κ2) is 7.78. The Labute approximate surface area is 177 Å². The molecule has 0 aromatic carbocycles. The summed E-state index contributed by atoms with van der Waals surface area (Å²) in [7, 11) is 0. The van der Waals surface area contributed by atoms with Gasteiger partial charge in [-0.1, -0.05) is 19.3 Å². The minimum Gasteiger partial charge on any atom is -0.379 e. The van der Waals surface area contributed by atoms with Crippen LogP contribution >= 0.6 is 11.3 Å². The zero-order valence-corrected chi connectivity index (χ0v) is 18.2. The lowest BCUT2D eigenvalue weighted by molar-refractivity contribution is 0.0331. The molecule has 0 radical (unpaired) electrons. The number of hydrogen-bond acceptors (Lipinski definition) is 6. The number of thiophene rings is 1. The number of piperidine rings is 1. The van der Waals surface area contributed by atoms with Crippen LogP contribution in [0.5, 0.6) is 0 Å². The SMILES string of the molecule is C1Cc2sc3nc(CN4CCOCC4)nc(N4CC[C@H]5CCCC[C@H]5C4)c3c2C1. The highest BCUT2D eigenvalue weighted by molar-refractivity contribution is 7.19. The van der Waals surface area contributed by atoms with Crippen molar-refractivity contribution in [2.24, 2.45) is 11.8 Å². The van der Waals surface area contributed by atoms with Gasteiger partial charge in [-0.05, 0) is 49.5 Å². The summed E-state index contributed by atoms with van der Waals surface area (Å²) < 4.78 is 5.53. The fourth-order valence-electron chi connectivity index (χ4n) is 6.07. The molecule has 4 heterocycles. The van der Waals surface area contributed by atoms with Gasteiger partial charge in [0.1, 0.15) is 16.5 Å². The van der Waals surface area contributed by atoms with E-state index in [1.807, 2.05) is 11.3 Å². The fourth-order valence-corrected chi connectivity index (χ4v) is 7.35. The molecule has 6 rings (SSSR count). The van der Waals surface area contributed by atoms with E-state index in [1.165, 1.54) is 80.5 Å². The molecule has 156 valence electrons. The van der Waals surface area contributed by atoms with Crippen molar-refractivity contribution in [1.82, 2.24) is 14.9 Å². The van der Waals surface area contributed by atoms with Crippen LogP contribution in [-0.4, -0.2) is 54.3 Å². The van der Waals surface area contributed by atoms with Gasteiger partial charge in [-0.2, -0.15) is 0 Å². The molecule has 2 saturated heterocycles. The standard InChI is InChI=1S/C23H32N4OS/c1-2-5-17-14-27(9-8-16(17)4-1)22-21-18-6-3-7-19(18)29-23(21)25-20(24-22)15-26-10-12-28-13-11-26/h16-17H,1-15H2/t16-,17+/m1/s1. The van der Waals surface area contributed by atoms with E-state index in [0.29, 0.717) is 0 Å². The minimum atomic E-state index is 0.831. The Bertz CT molecular complexity index is 891. The lowest BCUT2D eigenvalue weighted by atomic mass is 9.75. The molecule has 5 nitrogen and oxygen atoms in total. The lowest BCUT2D eigenvalue weighted by Crippen LogP contribution is -2.42. The number of aromatic nitrogens is 2. The summed E-state index contributed by atoms with van der Waals surface area (Å²) in [4.78, 5) is 18.2. The van der Waals surface area contributed by atoms with Crippen LogP contribution in [0.3, 0.4) is 0 Å². The van der Waals surface area contributed by atoms with E-state index in [4.69, 9.17) is 14.7 Å². The third-order valence-electron chi connectivity index (χ3n) is 7.65. The van der Waals surface area contributed by atoms with Crippen LogP contribution in [0.1, 0.15) is 54.8 Å². The van der Waals surface area contributed by atoms with Crippen LogP contribution in [0.15, 0.2) is 0 Å². The van der Waals surface area contributed by atoms with Gasteiger partial charge < -0.3 is 9.64 Å². The van der Waals surface area contributed by atoms with Crippen LogP contribution in [-0.2, 0) is 24.1 Å². The predicted molar refractivity (Wildman–Crippen MR) is 118 cm³/mol. The molecular weight excluding hydrogens is 380 g/mol. The van der Waals surface area contributed by atoms with Crippen LogP contribution in [0, 0.1) is 11.8 Å². The van der Waals surface area contributed by atoms with Gasteiger partial charge in [0.15, 0.2) is 0 Å². The van der Waals surface area contributed by atoms with Gasteiger partial charge >= 0.3 is 0 Å². The topological polar surface area (TPSA) is 41.5 Å². The predicted octanol–water partition coefficient (Wildman–Crippen LogP) is 4.03. The average molecular weight is 413 g/mol. The number of hydrogen-bond donors (Lipinski definition) is 0. The lowest BCUT2D eigenvalue weighted by Gasteiger charge is -2.42. The molecule has 4 aliphatic rings. The molecule has 3 fully saturated rings. The summed E-state index contributed by atoms with van der Waals surface area (Å²) in [5, 5.41) is 1.41. The first-order valence-electron chi connectivity index (χ1n) is 11.7. The Morgan fingerprint density at radius 3 is 2.69 bits per heavy atom. The molecule has 2 atom stereocenters. The number of aryl methyl sites for hydroxylation is 2. The quantitative estimate of drug-likeness (QED) is 0.761. The molecular formula is C23H32N4OS. The zero-order chi connectivity index (χ0) is 19.2. The molecule has 0 unspecified atom stereocenters. The molecule has 0 N–H and O–H groups in total. The van der Waals surface area contributed by atoms with E-state index in [2.05, 4.69) is 9.80 Å². The minimum absolute atomic E-state index is 0.831. The first kappa shape index (κ1) is 18.5. The molecule has 29 heavy (non-hydrogen) atoms. The van der Waals surface area contributed by atoms with Crippen LogP contribution in [0.2, 0.25) is 0 Å². The van der Waals surface area contributed by atoms with Crippen LogP contribution < -0.4 is 4.90 Å². The van der Waals surface area contributed by atoms with Gasteiger partial charge in [-0.3, -0.25) is 4.90 Å². The van der Waals surface area contributed by atoms with Crippen molar-refractivity contribution in [3.63, 3.8) is 0 Å². The van der Waals surface area contributed by atoms with E-state index in [1.54, 1.807) is 10.4 Å². The number of fused-ring (bicyclic) bond motifs is 4. The highest BCUT2D eigenvalue weighted by atomic mass is 32.1. The zero-order valence-electron chi connectivity index (χ0n) is 17.4. The highest BCUT2D eigenvalue weighted by Gasteiger charge is 2.33. The van der Waals surface area contributed by atoms with Crippen molar-refractivity contribution in [3.8, 4) is 0 Å². The summed E-state index contributed by atoms with van der Waals surface area (Å²) >= 11 is 1.94. The molecule has 6 heteroatoms. The maximum Gasteiger partial charge on any atom is 0.146 e. The third-order valence-corrected chi connectivity index (χ3v) is 8.84. The van der Waals surface area contributed by atoms with Gasteiger partial charge in [0, 0.05) is 31.1 Å². The van der Waals surface area contributed by atoms with Gasteiger partial charge in [-0.25, -0.2) is 9.97 Å². The van der Waals surface area contributed by atoms with E-state index >= 15 is 0 Å². The van der Waals surface area contributed by atoms with Crippen molar-refractivity contribution in [2.75, 3.05) is 44.3 Å². The Balaban J connectivity index is 1.36. The van der Waals surface area contributed by atoms with Crippen LogP contribution in [0.4, 0.5) is 5.82 Å². The van der Waals surface area contributed by atoms with Crippen molar-refractivity contribution >= 4 is 27.4 Å². The summed E-state index contributed by atoms with van der Waals surface area (Å²) in [6.45, 7) is 6.88. The maximum absolute atomic E-state index is 5.53. The number of nitrogens with zero attached hydrogens (tertiary/aromatic N) is 4. The molecule has 0 bridgehead atoms. The largest absolute Gasteiger partial charge is 0.379 e. The molecule has 0 amide bonds. The van der Waals surface area contributed by atoms with E-state index in [-0.39, 0.29) is 0 Å². The second-order valence-corrected chi connectivity index (χ2v) is 10.5. The van der Waals surface area contributed by atoms with Gasteiger partial charge in [-0.15, -0.1) is 11.3 Å². The molecule has 2 aliphatic heterocycles. The smallest absolute Gasteiger partial charge is 0.146 e. The Hall–Kier alpha value is -1.24. The van der Waals surface area contributed by atoms with Crippen molar-refractivity contribution < 1.29 is 4.74 Å². The summed E-state index contributed by atoms with van der Waals surface area (Å²) in [5.41, 5.74) is 1.57. The van der Waals surface area contributed by atoms with Crippen molar-refractivity contribution in [3.05, 3.63) is 16.3 Å². The van der Waals surface area contributed by atoms with Gasteiger partial charge in [0.2, 0.25) is 0 Å². The second-order valence-electron chi connectivity index (χ2n) is 9.43. The first-order valence-corrected chi connectivity index (χ1v) is 12.5. The Morgan fingerprint density at radius 2 is 1.79 bits per heavy atom. The Kier molecular flexibility index (Phi) is 4.97. The summed E-state index contributed by atoms with van der Waals surface area (Å²) in [6.07, 6.45) is 10.8. The molecule has 2 aliphatic carbocycles. The molecule has 2 aromatic rings. The maximum atomic E-state index is 5.53. The van der Waals surface area contributed by atoms with Gasteiger partial charge in [0.05, 0.1) is 25.1 Å². The first-order chi connectivity index (χ1) is 14.3. The fraction of sp³-hybridized carbons (Fsp3) is 0.739. The molecule has 0 spiro atoms. The van der Waals surface area contributed by atoms with E-state index < -0.39 is 0 Å². The molecule has 1 saturated carbocycles. The molecule has 2 aromatic heterocycles.